The summed E-state index contributed by atoms with van der Waals surface area (Å²) in [5.74, 6) is 0. The Kier molecular flexibility index (Phi) is 5.19. The van der Waals surface area contributed by atoms with Crippen LogP contribution in [0.2, 0.25) is 0 Å². The van der Waals surface area contributed by atoms with E-state index >= 15 is 0 Å². The number of rotatable bonds is 6. The maximum absolute atomic E-state index is 12.3. The summed E-state index contributed by atoms with van der Waals surface area (Å²) < 4.78 is 38.6. The van der Waals surface area contributed by atoms with Gasteiger partial charge in [-0.1, -0.05) is 6.92 Å². The van der Waals surface area contributed by atoms with E-state index in [4.69, 9.17) is 0 Å². The highest BCUT2D eigenvalue weighted by Gasteiger charge is 2.29. The lowest BCUT2D eigenvalue weighted by atomic mass is 10.1. The van der Waals surface area contributed by atoms with Gasteiger partial charge < -0.3 is 5.32 Å². The fourth-order valence-electron chi connectivity index (χ4n) is 1.94. The van der Waals surface area contributed by atoms with E-state index in [1.165, 1.54) is 0 Å². The Hall–Kier alpha value is -1.04. The molecule has 18 heavy (non-hydrogen) atoms. The summed E-state index contributed by atoms with van der Waals surface area (Å²) in [6, 6.07) is 1.58. The highest BCUT2D eigenvalue weighted by atomic mass is 19.4. The molecule has 0 amide bonds. The van der Waals surface area contributed by atoms with Crippen molar-refractivity contribution in [2.45, 2.75) is 51.9 Å². The number of nitrogens with one attached hydrogen (secondary N) is 1. The van der Waals surface area contributed by atoms with Gasteiger partial charge in [-0.2, -0.15) is 18.3 Å². The van der Waals surface area contributed by atoms with Gasteiger partial charge in [-0.3, -0.25) is 4.68 Å². The fourth-order valence-corrected chi connectivity index (χ4v) is 1.94. The van der Waals surface area contributed by atoms with Gasteiger partial charge in [0.25, 0.3) is 0 Å². The van der Waals surface area contributed by atoms with Crippen molar-refractivity contribution < 1.29 is 13.2 Å². The summed E-state index contributed by atoms with van der Waals surface area (Å²) >= 11 is 0. The normalized spacial score (nSPS) is 13.9. The second-order valence-corrected chi connectivity index (χ2v) is 4.22. The van der Waals surface area contributed by atoms with E-state index in [-0.39, 0.29) is 12.5 Å². The molecule has 0 aliphatic rings. The Bertz CT molecular complexity index is 371. The van der Waals surface area contributed by atoms with Gasteiger partial charge in [0, 0.05) is 19.0 Å². The van der Waals surface area contributed by atoms with E-state index in [9.17, 15) is 13.2 Å². The molecule has 3 nitrogen and oxygen atoms in total. The van der Waals surface area contributed by atoms with Crippen LogP contribution in [0.3, 0.4) is 0 Å². The number of hydrogen-bond acceptors (Lipinski definition) is 2. The largest absolute Gasteiger partial charge is 0.389 e. The lowest BCUT2D eigenvalue weighted by Crippen LogP contribution is -2.22. The van der Waals surface area contributed by atoms with Gasteiger partial charge >= 0.3 is 6.18 Å². The van der Waals surface area contributed by atoms with E-state index in [1.54, 1.807) is 11.7 Å². The molecule has 0 fully saturated rings. The van der Waals surface area contributed by atoms with Crippen LogP contribution < -0.4 is 5.32 Å². The number of aromatic nitrogens is 2. The molecule has 1 aromatic rings. The van der Waals surface area contributed by atoms with Gasteiger partial charge in [-0.15, -0.1) is 0 Å². The number of aryl methyl sites for hydroxylation is 2. The van der Waals surface area contributed by atoms with E-state index in [0.717, 1.165) is 17.8 Å². The van der Waals surface area contributed by atoms with E-state index in [1.807, 2.05) is 19.9 Å². The lowest BCUT2D eigenvalue weighted by molar-refractivity contribution is -0.136. The maximum atomic E-state index is 12.3. The Morgan fingerprint density at radius 1 is 1.39 bits per heavy atom. The third-order valence-corrected chi connectivity index (χ3v) is 2.95. The zero-order chi connectivity index (χ0) is 13.8. The Labute approximate surface area is 105 Å². The van der Waals surface area contributed by atoms with Crippen molar-refractivity contribution in [3.63, 3.8) is 0 Å². The highest BCUT2D eigenvalue weighted by molar-refractivity contribution is 5.14. The molecule has 0 bridgehead atoms. The Morgan fingerprint density at radius 3 is 2.50 bits per heavy atom. The highest BCUT2D eigenvalue weighted by Crippen LogP contribution is 2.27. The molecule has 0 radical (unpaired) electrons. The quantitative estimate of drug-likeness (QED) is 0.854. The average Bonchev–Trinajstić information content (AvgIpc) is 2.72. The molecule has 0 aliphatic carbocycles. The minimum Gasteiger partial charge on any atom is -0.312 e. The van der Waals surface area contributed by atoms with Crippen molar-refractivity contribution in [3.8, 4) is 0 Å². The van der Waals surface area contributed by atoms with Crippen LogP contribution in [0.25, 0.3) is 0 Å². The van der Waals surface area contributed by atoms with E-state index in [0.29, 0.717) is 6.54 Å². The second-order valence-electron chi connectivity index (χ2n) is 4.22. The van der Waals surface area contributed by atoms with Gasteiger partial charge in [-0.25, -0.2) is 0 Å². The first-order chi connectivity index (χ1) is 8.41. The molecule has 6 heteroatoms. The molecule has 1 aromatic heterocycles. The van der Waals surface area contributed by atoms with Crippen molar-refractivity contribution >= 4 is 0 Å². The molecule has 1 atom stereocenters. The van der Waals surface area contributed by atoms with Crippen LogP contribution in [-0.4, -0.2) is 23.0 Å². The van der Waals surface area contributed by atoms with Crippen LogP contribution in [0.5, 0.6) is 0 Å². The third-order valence-electron chi connectivity index (χ3n) is 2.95. The van der Waals surface area contributed by atoms with Crippen LogP contribution in [-0.2, 0) is 13.0 Å². The van der Waals surface area contributed by atoms with Crippen LogP contribution in [0.1, 0.15) is 44.1 Å². The molecule has 1 unspecified atom stereocenters. The number of nitrogens with zero attached hydrogens (tertiary/aromatic N) is 2. The standard InChI is InChI=1S/C12H20F3N3/c1-4-9-8-11(18(5-2)17-9)10(16-3)6-7-12(13,14)15/h8,10,16H,4-7H2,1-3H3. The van der Waals surface area contributed by atoms with Crippen LogP contribution in [0.15, 0.2) is 6.07 Å². The predicted octanol–water partition coefficient (Wildman–Crippen LogP) is 3.07. The molecule has 104 valence electrons. The first-order valence-corrected chi connectivity index (χ1v) is 6.21. The van der Waals surface area contributed by atoms with Crippen molar-refractivity contribution in [3.05, 3.63) is 17.5 Å². The van der Waals surface area contributed by atoms with Gasteiger partial charge in [0.2, 0.25) is 0 Å². The molecule has 0 spiro atoms. The minimum atomic E-state index is -4.11. The Morgan fingerprint density at radius 2 is 2.06 bits per heavy atom. The van der Waals surface area contributed by atoms with Crippen molar-refractivity contribution in [1.29, 1.82) is 0 Å². The molecule has 0 aromatic carbocycles. The summed E-state index contributed by atoms with van der Waals surface area (Å²) in [5, 5.41) is 7.30. The maximum Gasteiger partial charge on any atom is 0.389 e. The minimum absolute atomic E-state index is 0.0366. The Balaban J connectivity index is 2.83. The SMILES string of the molecule is CCc1cc(C(CCC(F)(F)F)NC)n(CC)n1. The predicted molar refractivity (Wildman–Crippen MR) is 64.4 cm³/mol. The topological polar surface area (TPSA) is 29.9 Å². The van der Waals surface area contributed by atoms with Crippen molar-refractivity contribution in [1.82, 2.24) is 15.1 Å². The lowest BCUT2D eigenvalue weighted by Gasteiger charge is -2.18. The molecule has 1 heterocycles. The molecule has 0 aliphatic heterocycles. The third kappa shape index (κ3) is 4.01. The monoisotopic (exact) mass is 263 g/mol. The first kappa shape index (κ1) is 15.0. The molecule has 0 saturated heterocycles. The van der Waals surface area contributed by atoms with Gasteiger partial charge in [0.15, 0.2) is 0 Å². The van der Waals surface area contributed by atoms with E-state index < -0.39 is 12.6 Å². The van der Waals surface area contributed by atoms with Crippen LogP contribution in [0, 0.1) is 0 Å². The van der Waals surface area contributed by atoms with E-state index in [2.05, 4.69) is 10.4 Å². The summed E-state index contributed by atoms with van der Waals surface area (Å²) in [7, 11) is 1.68. The molecule has 0 saturated carbocycles. The summed E-state index contributed by atoms with van der Waals surface area (Å²) in [6.07, 6.45) is -4.07. The van der Waals surface area contributed by atoms with Crippen LogP contribution >= 0.6 is 0 Å². The first-order valence-electron chi connectivity index (χ1n) is 6.21. The molecular weight excluding hydrogens is 243 g/mol. The van der Waals surface area contributed by atoms with Crippen molar-refractivity contribution in [2.75, 3.05) is 7.05 Å². The summed E-state index contributed by atoms with van der Waals surface area (Å²) in [6.45, 7) is 4.59. The number of alkyl halides is 3. The number of hydrogen-bond donors (Lipinski definition) is 1. The van der Waals surface area contributed by atoms with Gasteiger partial charge in [0.1, 0.15) is 0 Å². The van der Waals surface area contributed by atoms with Gasteiger partial charge in [0.05, 0.1) is 11.4 Å². The molecular formula is C12H20F3N3. The second kappa shape index (κ2) is 6.22. The van der Waals surface area contributed by atoms with Crippen LogP contribution in [0.4, 0.5) is 13.2 Å². The smallest absolute Gasteiger partial charge is 0.312 e. The average molecular weight is 263 g/mol. The molecule has 1 rings (SSSR count). The zero-order valence-electron chi connectivity index (χ0n) is 11.0. The van der Waals surface area contributed by atoms with Crippen molar-refractivity contribution in [2.24, 2.45) is 0 Å². The zero-order valence-corrected chi connectivity index (χ0v) is 11.0. The summed E-state index contributed by atoms with van der Waals surface area (Å²) in [4.78, 5) is 0. The number of halogens is 3. The molecule has 1 N–H and O–H groups in total. The fraction of sp³-hybridized carbons (Fsp3) is 0.750. The van der Waals surface area contributed by atoms with Gasteiger partial charge in [-0.05, 0) is 32.9 Å². The summed E-state index contributed by atoms with van der Waals surface area (Å²) in [5.41, 5.74) is 1.75.